The van der Waals surface area contributed by atoms with Crippen LogP contribution in [0, 0.1) is 24.7 Å². The second-order valence-corrected chi connectivity index (χ2v) is 9.21. The van der Waals surface area contributed by atoms with Crippen molar-refractivity contribution >= 4 is 23.2 Å². The number of Topliss-reactive ketones (excluding diaryl/α,β-unsaturated/α-hetero) is 1. The van der Waals surface area contributed by atoms with Crippen molar-refractivity contribution < 1.29 is 15.0 Å². The SMILES string of the molecule is CC(=Cc1csc(C)n1)[C@@H](O)CC=CCCC[C@H](C)[C@H](O)[C@@H](C)C(=O)C(C)C. The van der Waals surface area contributed by atoms with Crippen LogP contribution in [0.4, 0.5) is 0 Å². The number of aliphatic hydroxyl groups excluding tert-OH is 2. The summed E-state index contributed by atoms with van der Waals surface area (Å²) in [6.45, 7) is 11.5. The van der Waals surface area contributed by atoms with Crippen LogP contribution < -0.4 is 0 Å². The van der Waals surface area contributed by atoms with E-state index in [1.54, 1.807) is 11.3 Å². The number of ketones is 1. The molecule has 0 saturated heterocycles. The summed E-state index contributed by atoms with van der Waals surface area (Å²) in [5.41, 5.74) is 1.82. The van der Waals surface area contributed by atoms with Gasteiger partial charge in [0, 0.05) is 17.2 Å². The number of hydrogen-bond donors (Lipinski definition) is 2. The smallest absolute Gasteiger partial charge is 0.140 e. The maximum Gasteiger partial charge on any atom is 0.140 e. The highest BCUT2D eigenvalue weighted by atomic mass is 32.1. The highest BCUT2D eigenvalue weighted by molar-refractivity contribution is 7.09. The van der Waals surface area contributed by atoms with Gasteiger partial charge in [0.25, 0.3) is 0 Å². The molecule has 5 heteroatoms. The lowest BCUT2D eigenvalue weighted by Crippen LogP contribution is -2.33. The van der Waals surface area contributed by atoms with Crippen molar-refractivity contribution in [3.63, 3.8) is 0 Å². The molecule has 2 N–H and O–H groups in total. The van der Waals surface area contributed by atoms with Crippen LogP contribution in [0.1, 0.15) is 71.0 Å². The van der Waals surface area contributed by atoms with Gasteiger partial charge in [0.1, 0.15) is 5.78 Å². The lowest BCUT2D eigenvalue weighted by Gasteiger charge is -2.25. The van der Waals surface area contributed by atoms with E-state index in [2.05, 4.69) is 11.1 Å². The van der Waals surface area contributed by atoms with Crippen LogP contribution >= 0.6 is 11.3 Å². The number of rotatable bonds is 12. The molecule has 1 aromatic rings. The Bertz CT molecular complexity index is 663. The molecule has 0 aliphatic rings. The van der Waals surface area contributed by atoms with Gasteiger partial charge in [0.05, 0.1) is 22.9 Å². The molecule has 0 amide bonds. The Balaban J connectivity index is 2.32. The number of aryl methyl sites for hydroxylation is 1. The van der Waals surface area contributed by atoms with Crippen LogP contribution in [0.25, 0.3) is 6.08 Å². The van der Waals surface area contributed by atoms with Gasteiger partial charge in [0.15, 0.2) is 0 Å². The summed E-state index contributed by atoms with van der Waals surface area (Å²) in [4.78, 5) is 16.4. The summed E-state index contributed by atoms with van der Waals surface area (Å²) in [6.07, 6.45) is 8.29. The first-order valence-corrected chi connectivity index (χ1v) is 11.2. The Morgan fingerprint density at radius 2 is 1.89 bits per heavy atom. The van der Waals surface area contributed by atoms with E-state index >= 15 is 0 Å². The Morgan fingerprint density at radius 3 is 2.46 bits per heavy atom. The van der Waals surface area contributed by atoms with Crippen molar-refractivity contribution in [3.8, 4) is 0 Å². The standard InChI is InChI=1S/C23H37NO3S/c1-15(2)22(26)18(5)23(27)16(3)11-9-7-8-10-12-21(25)17(4)13-20-14-28-19(6)24-20/h8,10,13-16,18,21,23,25,27H,7,9,11-12H2,1-6H3/t16-,18-,21-,23-/m0/s1. The maximum atomic E-state index is 12.0. The van der Waals surface area contributed by atoms with Gasteiger partial charge in [0.2, 0.25) is 0 Å². The van der Waals surface area contributed by atoms with E-state index < -0.39 is 12.2 Å². The molecule has 28 heavy (non-hydrogen) atoms. The van der Waals surface area contributed by atoms with Crippen LogP contribution in [0.15, 0.2) is 23.1 Å². The third-order valence-electron chi connectivity index (χ3n) is 5.21. The molecule has 4 nitrogen and oxygen atoms in total. The summed E-state index contributed by atoms with van der Waals surface area (Å²) >= 11 is 1.61. The largest absolute Gasteiger partial charge is 0.392 e. The minimum Gasteiger partial charge on any atom is -0.392 e. The highest BCUT2D eigenvalue weighted by Gasteiger charge is 2.27. The predicted molar refractivity (Wildman–Crippen MR) is 118 cm³/mol. The van der Waals surface area contributed by atoms with Crippen molar-refractivity contribution in [2.45, 2.75) is 79.4 Å². The molecule has 1 heterocycles. The van der Waals surface area contributed by atoms with Crippen molar-refractivity contribution in [1.29, 1.82) is 0 Å². The molecule has 0 aromatic carbocycles. The second kappa shape index (κ2) is 12.3. The Kier molecular flexibility index (Phi) is 10.9. The molecule has 158 valence electrons. The fourth-order valence-corrected chi connectivity index (χ4v) is 3.79. The Hall–Kier alpha value is -1.30. The van der Waals surface area contributed by atoms with E-state index in [4.69, 9.17) is 0 Å². The number of aliphatic hydroxyl groups is 2. The molecule has 0 spiro atoms. The topological polar surface area (TPSA) is 70.4 Å². The summed E-state index contributed by atoms with van der Waals surface area (Å²) in [5.74, 6) is -0.117. The summed E-state index contributed by atoms with van der Waals surface area (Å²) in [5, 5.41) is 23.7. The van der Waals surface area contributed by atoms with Gasteiger partial charge in [-0.25, -0.2) is 4.98 Å². The van der Waals surface area contributed by atoms with Crippen molar-refractivity contribution in [2.75, 3.05) is 0 Å². The molecular formula is C23H37NO3S. The molecule has 0 aliphatic heterocycles. The zero-order valence-electron chi connectivity index (χ0n) is 18.2. The van der Waals surface area contributed by atoms with E-state index in [0.29, 0.717) is 6.42 Å². The van der Waals surface area contributed by atoms with Gasteiger partial charge in [-0.2, -0.15) is 0 Å². The number of allylic oxidation sites excluding steroid dienone is 1. The minimum atomic E-state index is -0.581. The fourth-order valence-electron chi connectivity index (χ4n) is 3.22. The van der Waals surface area contributed by atoms with Gasteiger partial charge in [-0.05, 0) is 57.1 Å². The van der Waals surface area contributed by atoms with Crippen LogP contribution in [0.2, 0.25) is 0 Å². The minimum absolute atomic E-state index is 0.0387. The lowest BCUT2D eigenvalue weighted by molar-refractivity contribution is -0.129. The van der Waals surface area contributed by atoms with E-state index in [9.17, 15) is 15.0 Å². The van der Waals surface area contributed by atoms with E-state index in [1.807, 2.05) is 59.1 Å². The molecule has 0 unspecified atom stereocenters. The molecule has 4 atom stereocenters. The zero-order chi connectivity index (χ0) is 21.3. The quantitative estimate of drug-likeness (QED) is 0.369. The van der Waals surface area contributed by atoms with Crippen LogP contribution in [-0.2, 0) is 4.79 Å². The fraction of sp³-hybridized carbons (Fsp3) is 0.652. The van der Waals surface area contributed by atoms with Crippen molar-refractivity contribution in [2.24, 2.45) is 17.8 Å². The van der Waals surface area contributed by atoms with Gasteiger partial charge in [-0.3, -0.25) is 4.79 Å². The molecule has 1 rings (SSSR count). The Morgan fingerprint density at radius 1 is 1.21 bits per heavy atom. The summed E-state index contributed by atoms with van der Waals surface area (Å²) < 4.78 is 0. The molecule has 0 bridgehead atoms. The second-order valence-electron chi connectivity index (χ2n) is 8.15. The van der Waals surface area contributed by atoms with Gasteiger partial charge in [-0.15, -0.1) is 11.3 Å². The lowest BCUT2D eigenvalue weighted by atomic mass is 9.84. The number of carbonyl (C=O) groups excluding carboxylic acids is 1. The number of aromatic nitrogens is 1. The molecular weight excluding hydrogens is 370 g/mol. The van der Waals surface area contributed by atoms with E-state index in [1.165, 1.54) is 0 Å². The zero-order valence-corrected chi connectivity index (χ0v) is 19.0. The van der Waals surface area contributed by atoms with Gasteiger partial charge < -0.3 is 10.2 Å². The number of nitrogens with zero attached hydrogens (tertiary/aromatic N) is 1. The first kappa shape index (κ1) is 24.7. The third-order valence-corrected chi connectivity index (χ3v) is 6.00. The Labute approximate surface area is 174 Å². The normalized spacial score (nSPS) is 17.1. The summed E-state index contributed by atoms with van der Waals surface area (Å²) in [6, 6.07) is 0. The molecule has 0 radical (unpaired) electrons. The van der Waals surface area contributed by atoms with Crippen LogP contribution in [-0.4, -0.2) is 33.2 Å². The predicted octanol–water partition coefficient (Wildman–Crippen LogP) is 5.19. The monoisotopic (exact) mass is 407 g/mol. The van der Waals surface area contributed by atoms with Gasteiger partial charge >= 0.3 is 0 Å². The number of thiazole rings is 1. The number of unbranched alkanes of at least 4 members (excludes halogenated alkanes) is 1. The summed E-state index contributed by atoms with van der Waals surface area (Å²) in [7, 11) is 0. The van der Waals surface area contributed by atoms with Crippen molar-refractivity contribution in [1.82, 2.24) is 4.98 Å². The van der Waals surface area contributed by atoms with E-state index in [0.717, 1.165) is 35.5 Å². The van der Waals surface area contributed by atoms with E-state index in [-0.39, 0.29) is 23.5 Å². The van der Waals surface area contributed by atoms with Crippen molar-refractivity contribution in [3.05, 3.63) is 33.8 Å². The average molecular weight is 408 g/mol. The molecule has 0 aliphatic carbocycles. The molecule has 0 saturated carbocycles. The third kappa shape index (κ3) is 8.38. The van der Waals surface area contributed by atoms with Gasteiger partial charge in [-0.1, -0.05) is 39.8 Å². The average Bonchev–Trinajstić information content (AvgIpc) is 3.06. The number of hydrogen-bond acceptors (Lipinski definition) is 5. The molecule has 0 fully saturated rings. The highest BCUT2D eigenvalue weighted by Crippen LogP contribution is 2.22. The van der Waals surface area contributed by atoms with Crippen LogP contribution in [0.5, 0.6) is 0 Å². The first-order valence-electron chi connectivity index (χ1n) is 10.3. The van der Waals surface area contributed by atoms with Crippen LogP contribution in [0.3, 0.4) is 0 Å². The number of carbonyl (C=O) groups is 1. The first-order chi connectivity index (χ1) is 13.1. The maximum absolute atomic E-state index is 12.0. The molecule has 1 aromatic heterocycles.